The quantitative estimate of drug-likeness (QED) is 0.623. The molecule has 5 heteroatoms. The van der Waals surface area contributed by atoms with Crippen LogP contribution in [0.4, 0.5) is 4.79 Å². The van der Waals surface area contributed by atoms with Crippen LogP contribution in [0.5, 0.6) is 5.75 Å². The number of methoxy groups -OCH3 is 1. The number of amides is 1. The van der Waals surface area contributed by atoms with E-state index in [1.54, 1.807) is 12.0 Å². The average molecular weight is 405 g/mol. The van der Waals surface area contributed by atoms with E-state index in [0.29, 0.717) is 19.7 Å². The fourth-order valence-electron chi connectivity index (χ4n) is 3.90. The van der Waals surface area contributed by atoms with Crippen molar-refractivity contribution in [3.05, 3.63) is 77.4 Å². The van der Waals surface area contributed by atoms with Crippen molar-refractivity contribution in [2.45, 2.75) is 20.1 Å². The smallest absolute Gasteiger partial charge is 0.410 e. The molecule has 0 aliphatic carbocycles. The third-order valence-corrected chi connectivity index (χ3v) is 5.71. The van der Waals surface area contributed by atoms with Gasteiger partial charge in [-0.1, -0.05) is 60.2 Å². The second kappa shape index (κ2) is 9.18. The van der Waals surface area contributed by atoms with Crippen molar-refractivity contribution in [2.24, 2.45) is 0 Å². The Morgan fingerprint density at radius 1 is 0.933 bits per heavy atom. The highest BCUT2D eigenvalue weighted by atomic mass is 16.6. The van der Waals surface area contributed by atoms with E-state index in [4.69, 9.17) is 9.47 Å². The molecule has 1 heterocycles. The number of hydrogen-bond donors (Lipinski definition) is 0. The zero-order chi connectivity index (χ0) is 20.9. The number of hydrogen-bond acceptors (Lipinski definition) is 4. The molecule has 0 unspecified atom stereocenters. The zero-order valence-electron chi connectivity index (χ0n) is 17.6. The van der Waals surface area contributed by atoms with Crippen molar-refractivity contribution >= 4 is 16.9 Å². The largest absolute Gasteiger partial charge is 0.496 e. The molecular formula is C25H28N2O3. The first-order chi connectivity index (χ1) is 14.6. The number of ether oxygens (including phenoxy) is 2. The van der Waals surface area contributed by atoms with E-state index < -0.39 is 0 Å². The van der Waals surface area contributed by atoms with Gasteiger partial charge in [-0.15, -0.1) is 0 Å². The summed E-state index contributed by atoms with van der Waals surface area (Å²) >= 11 is 0. The summed E-state index contributed by atoms with van der Waals surface area (Å²) in [5.41, 5.74) is 3.41. The standard InChI is InChI=1S/C25H28N2O3/c1-19-7-9-20(10-8-19)18-30-25(28)27-15-13-26(14-16-27)17-23-22-6-4-3-5-21(22)11-12-24(23)29-2/h3-12H,13-18H2,1-2H3. The summed E-state index contributed by atoms with van der Waals surface area (Å²) in [4.78, 5) is 16.6. The highest BCUT2D eigenvalue weighted by molar-refractivity contribution is 5.87. The first-order valence-corrected chi connectivity index (χ1v) is 10.4. The molecule has 1 aliphatic rings. The number of nitrogens with zero attached hydrogens (tertiary/aromatic N) is 2. The third kappa shape index (κ3) is 4.57. The zero-order valence-corrected chi connectivity index (χ0v) is 17.6. The molecular weight excluding hydrogens is 376 g/mol. The number of carbonyl (C=O) groups excluding carboxylic acids is 1. The first-order valence-electron chi connectivity index (χ1n) is 10.4. The molecule has 0 saturated carbocycles. The van der Waals surface area contributed by atoms with Gasteiger partial charge >= 0.3 is 6.09 Å². The van der Waals surface area contributed by atoms with E-state index in [1.807, 2.05) is 37.3 Å². The lowest BCUT2D eigenvalue weighted by Gasteiger charge is -2.34. The average Bonchev–Trinajstić information content (AvgIpc) is 2.79. The van der Waals surface area contributed by atoms with Gasteiger partial charge in [-0.3, -0.25) is 4.90 Å². The van der Waals surface area contributed by atoms with Gasteiger partial charge in [0.05, 0.1) is 7.11 Å². The molecule has 156 valence electrons. The van der Waals surface area contributed by atoms with Gasteiger partial charge in [0.1, 0.15) is 12.4 Å². The summed E-state index contributed by atoms with van der Waals surface area (Å²) in [6.45, 7) is 6.12. The van der Waals surface area contributed by atoms with Gasteiger partial charge in [-0.2, -0.15) is 0 Å². The predicted octanol–water partition coefficient (Wildman–Crippen LogP) is 4.61. The van der Waals surface area contributed by atoms with Gasteiger partial charge in [0.25, 0.3) is 0 Å². The van der Waals surface area contributed by atoms with Gasteiger partial charge in [0.2, 0.25) is 0 Å². The third-order valence-electron chi connectivity index (χ3n) is 5.71. The summed E-state index contributed by atoms with van der Waals surface area (Å²) in [5.74, 6) is 0.911. The first kappa shape index (κ1) is 20.2. The lowest BCUT2D eigenvalue weighted by molar-refractivity contribution is 0.0699. The van der Waals surface area contributed by atoms with E-state index in [-0.39, 0.29) is 6.09 Å². The van der Waals surface area contributed by atoms with Gasteiger partial charge in [-0.25, -0.2) is 4.79 Å². The van der Waals surface area contributed by atoms with Crippen molar-refractivity contribution in [3.63, 3.8) is 0 Å². The summed E-state index contributed by atoms with van der Waals surface area (Å²) in [5, 5.41) is 2.43. The van der Waals surface area contributed by atoms with Crippen LogP contribution in [0, 0.1) is 6.92 Å². The fourth-order valence-corrected chi connectivity index (χ4v) is 3.90. The van der Waals surface area contributed by atoms with Crippen LogP contribution in [0.25, 0.3) is 10.8 Å². The Bertz CT molecular complexity index is 1010. The second-order valence-electron chi connectivity index (χ2n) is 7.77. The van der Waals surface area contributed by atoms with Gasteiger partial charge in [-0.05, 0) is 29.3 Å². The Morgan fingerprint density at radius 3 is 2.40 bits per heavy atom. The van der Waals surface area contributed by atoms with Crippen LogP contribution in [0.3, 0.4) is 0 Å². The number of piperazine rings is 1. The molecule has 1 aliphatic heterocycles. The maximum atomic E-state index is 12.4. The highest BCUT2D eigenvalue weighted by Gasteiger charge is 2.23. The molecule has 0 aromatic heterocycles. The number of carbonyl (C=O) groups is 1. The van der Waals surface area contributed by atoms with Crippen molar-refractivity contribution in [3.8, 4) is 5.75 Å². The minimum absolute atomic E-state index is 0.238. The summed E-state index contributed by atoms with van der Waals surface area (Å²) in [7, 11) is 1.72. The predicted molar refractivity (Wildman–Crippen MR) is 119 cm³/mol. The molecule has 5 nitrogen and oxygen atoms in total. The van der Waals surface area contributed by atoms with Crippen molar-refractivity contribution < 1.29 is 14.3 Å². The fraction of sp³-hybridized carbons (Fsp3) is 0.320. The molecule has 0 radical (unpaired) electrons. The summed E-state index contributed by atoms with van der Waals surface area (Å²) < 4.78 is 11.1. The molecule has 1 fully saturated rings. The molecule has 30 heavy (non-hydrogen) atoms. The van der Waals surface area contributed by atoms with E-state index in [2.05, 4.69) is 35.2 Å². The number of fused-ring (bicyclic) bond motifs is 1. The summed E-state index contributed by atoms with van der Waals surface area (Å²) in [6.07, 6.45) is -0.238. The van der Waals surface area contributed by atoms with E-state index >= 15 is 0 Å². The Hall–Kier alpha value is -3.05. The molecule has 3 aromatic carbocycles. The Kier molecular flexibility index (Phi) is 6.19. The van der Waals surface area contributed by atoms with Gasteiger partial charge < -0.3 is 14.4 Å². The highest BCUT2D eigenvalue weighted by Crippen LogP contribution is 2.29. The number of benzene rings is 3. The van der Waals surface area contributed by atoms with Crippen LogP contribution < -0.4 is 4.74 Å². The van der Waals surface area contributed by atoms with Gasteiger partial charge in [0, 0.05) is 38.3 Å². The lowest BCUT2D eigenvalue weighted by atomic mass is 10.0. The summed E-state index contributed by atoms with van der Waals surface area (Å²) in [6, 6.07) is 20.6. The number of rotatable bonds is 5. The molecule has 1 saturated heterocycles. The van der Waals surface area contributed by atoms with Crippen LogP contribution in [0.2, 0.25) is 0 Å². The van der Waals surface area contributed by atoms with Crippen LogP contribution in [-0.2, 0) is 17.9 Å². The van der Waals surface area contributed by atoms with Crippen LogP contribution in [0.15, 0.2) is 60.7 Å². The minimum Gasteiger partial charge on any atom is -0.496 e. The molecule has 1 amide bonds. The molecule has 3 aromatic rings. The Balaban J connectivity index is 1.34. The van der Waals surface area contributed by atoms with Crippen molar-refractivity contribution in [1.82, 2.24) is 9.80 Å². The molecule has 0 N–H and O–H groups in total. The monoisotopic (exact) mass is 404 g/mol. The number of aryl methyl sites for hydroxylation is 1. The van der Waals surface area contributed by atoms with E-state index in [9.17, 15) is 4.79 Å². The minimum atomic E-state index is -0.238. The maximum Gasteiger partial charge on any atom is 0.410 e. The Morgan fingerprint density at radius 2 is 1.67 bits per heavy atom. The molecule has 4 rings (SSSR count). The van der Waals surface area contributed by atoms with Gasteiger partial charge in [0.15, 0.2) is 0 Å². The van der Waals surface area contributed by atoms with Crippen molar-refractivity contribution in [2.75, 3.05) is 33.3 Å². The molecule has 0 atom stereocenters. The topological polar surface area (TPSA) is 42.0 Å². The van der Waals surface area contributed by atoms with Crippen LogP contribution in [0.1, 0.15) is 16.7 Å². The lowest BCUT2D eigenvalue weighted by Crippen LogP contribution is -2.48. The molecule has 0 spiro atoms. The van der Waals surface area contributed by atoms with Crippen LogP contribution >= 0.6 is 0 Å². The van der Waals surface area contributed by atoms with Crippen molar-refractivity contribution in [1.29, 1.82) is 0 Å². The molecule has 0 bridgehead atoms. The maximum absolute atomic E-state index is 12.4. The normalized spacial score (nSPS) is 14.7. The van der Waals surface area contributed by atoms with Crippen LogP contribution in [-0.4, -0.2) is 49.2 Å². The Labute approximate surface area is 177 Å². The van der Waals surface area contributed by atoms with E-state index in [1.165, 1.54) is 21.9 Å². The SMILES string of the molecule is COc1ccc2ccccc2c1CN1CCN(C(=O)OCc2ccc(C)cc2)CC1. The van der Waals surface area contributed by atoms with E-state index in [0.717, 1.165) is 30.9 Å². The second-order valence-corrected chi connectivity index (χ2v) is 7.77.